The Morgan fingerprint density at radius 3 is 2.20 bits per heavy atom. The van der Waals surface area contributed by atoms with Gasteiger partial charge in [0.2, 0.25) is 11.6 Å². The van der Waals surface area contributed by atoms with Gasteiger partial charge >= 0.3 is 0 Å². The maximum Gasteiger partial charge on any atom is 0.257 e. The monoisotopic (exact) mass is 491 g/mol. The Balaban J connectivity index is 1.45. The fourth-order valence-corrected chi connectivity index (χ4v) is 3.96. The van der Waals surface area contributed by atoms with Crippen molar-refractivity contribution in [2.24, 2.45) is 0 Å². The quantitative estimate of drug-likeness (QED) is 0.353. The van der Waals surface area contributed by atoms with E-state index < -0.39 is 5.91 Å². The zero-order valence-electron chi connectivity index (χ0n) is 20.0. The molecule has 0 saturated carbocycles. The van der Waals surface area contributed by atoms with E-state index in [4.69, 9.17) is 30.8 Å². The highest BCUT2D eigenvalue weighted by Crippen LogP contribution is 2.38. The third kappa shape index (κ3) is 5.04. The van der Waals surface area contributed by atoms with Gasteiger partial charge in [-0.3, -0.25) is 10.1 Å². The van der Waals surface area contributed by atoms with E-state index in [1.807, 2.05) is 44.2 Å². The number of thiocarbonyl (C=S) groups is 1. The van der Waals surface area contributed by atoms with Gasteiger partial charge < -0.3 is 23.9 Å². The number of amides is 1. The van der Waals surface area contributed by atoms with Crippen molar-refractivity contribution in [3.05, 3.63) is 65.2 Å². The Morgan fingerprint density at radius 1 is 0.943 bits per heavy atom. The molecule has 9 heteroatoms. The lowest BCUT2D eigenvalue weighted by atomic mass is 10.1. The fraction of sp³-hybridized carbons (Fsp3) is 0.192. The van der Waals surface area contributed by atoms with Crippen LogP contribution in [0.25, 0.3) is 22.6 Å². The van der Waals surface area contributed by atoms with E-state index in [0.29, 0.717) is 34.4 Å². The summed E-state index contributed by atoms with van der Waals surface area (Å²) in [4.78, 5) is 17.4. The first-order valence-corrected chi connectivity index (χ1v) is 11.1. The van der Waals surface area contributed by atoms with E-state index in [1.165, 1.54) is 21.3 Å². The molecule has 180 valence electrons. The van der Waals surface area contributed by atoms with Crippen molar-refractivity contribution in [2.75, 3.05) is 26.6 Å². The van der Waals surface area contributed by atoms with Crippen LogP contribution in [0.3, 0.4) is 0 Å². The van der Waals surface area contributed by atoms with Gasteiger partial charge in [-0.15, -0.1) is 0 Å². The van der Waals surface area contributed by atoms with Gasteiger partial charge in [0, 0.05) is 16.8 Å². The standard InChI is InChI=1S/C26H25N3O5S/c1-14-10-15(2)22-19(11-14)28-25(34-22)16-6-8-18(9-7-16)27-26(35)29-24(30)17-12-20(31-3)23(33-5)21(13-17)32-4/h6-13H,1-5H3,(H2,27,29,30,35). The van der Waals surface area contributed by atoms with Crippen molar-refractivity contribution in [3.8, 4) is 28.7 Å². The van der Waals surface area contributed by atoms with Crippen molar-refractivity contribution in [3.63, 3.8) is 0 Å². The minimum atomic E-state index is -0.421. The number of aromatic nitrogens is 1. The maximum absolute atomic E-state index is 12.7. The molecule has 0 aliphatic carbocycles. The second-order valence-electron chi connectivity index (χ2n) is 7.85. The zero-order chi connectivity index (χ0) is 25.1. The van der Waals surface area contributed by atoms with Crippen LogP contribution in [0.5, 0.6) is 17.2 Å². The van der Waals surface area contributed by atoms with Crippen molar-refractivity contribution in [2.45, 2.75) is 13.8 Å². The Labute approximate surface area is 208 Å². The molecule has 0 atom stereocenters. The number of nitrogens with zero attached hydrogens (tertiary/aromatic N) is 1. The maximum atomic E-state index is 12.7. The first-order valence-electron chi connectivity index (χ1n) is 10.7. The number of methoxy groups -OCH3 is 3. The van der Waals surface area contributed by atoms with E-state index in [1.54, 1.807) is 12.1 Å². The second kappa shape index (κ2) is 10.0. The minimum Gasteiger partial charge on any atom is -0.493 e. The summed E-state index contributed by atoms with van der Waals surface area (Å²) in [5.41, 5.74) is 5.63. The minimum absolute atomic E-state index is 0.143. The van der Waals surface area contributed by atoms with Gasteiger partial charge in [-0.2, -0.15) is 0 Å². The Hall–Kier alpha value is -4.11. The summed E-state index contributed by atoms with van der Waals surface area (Å²) in [5, 5.41) is 5.81. The van der Waals surface area contributed by atoms with Crippen molar-refractivity contribution >= 4 is 40.0 Å². The molecule has 0 aliphatic rings. The van der Waals surface area contributed by atoms with Crippen LogP contribution in [0.1, 0.15) is 21.5 Å². The number of ether oxygens (including phenoxy) is 3. The average Bonchev–Trinajstić information content (AvgIpc) is 3.27. The van der Waals surface area contributed by atoms with Crippen LogP contribution in [0, 0.1) is 13.8 Å². The molecule has 0 bridgehead atoms. The molecular weight excluding hydrogens is 466 g/mol. The Kier molecular flexibility index (Phi) is 6.88. The summed E-state index contributed by atoms with van der Waals surface area (Å²) in [5.74, 6) is 1.26. The predicted octanol–water partition coefficient (Wildman–Crippen LogP) is 5.26. The number of carbonyl (C=O) groups excluding carboxylic acids is 1. The molecule has 0 aliphatic heterocycles. The van der Waals surface area contributed by atoms with Crippen molar-refractivity contribution < 1.29 is 23.4 Å². The number of hydrogen-bond donors (Lipinski definition) is 2. The molecule has 8 nitrogen and oxygen atoms in total. The van der Waals surface area contributed by atoms with E-state index in [-0.39, 0.29) is 5.11 Å². The van der Waals surface area contributed by atoms with E-state index in [2.05, 4.69) is 21.7 Å². The first-order chi connectivity index (χ1) is 16.8. The third-order valence-electron chi connectivity index (χ3n) is 5.36. The summed E-state index contributed by atoms with van der Waals surface area (Å²) in [6, 6.07) is 14.6. The highest BCUT2D eigenvalue weighted by atomic mass is 32.1. The number of nitrogens with one attached hydrogen (secondary N) is 2. The van der Waals surface area contributed by atoms with Crippen LogP contribution in [-0.2, 0) is 0 Å². The van der Waals surface area contributed by atoms with Crippen LogP contribution in [-0.4, -0.2) is 37.3 Å². The molecule has 0 spiro atoms. The number of aryl methyl sites for hydroxylation is 2. The van der Waals surface area contributed by atoms with E-state index in [0.717, 1.165) is 27.8 Å². The molecule has 4 rings (SSSR count). The third-order valence-corrected chi connectivity index (χ3v) is 5.57. The molecular formula is C26H25N3O5S. The largest absolute Gasteiger partial charge is 0.493 e. The molecule has 1 amide bonds. The number of carbonyl (C=O) groups is 1. The molecule has 0 fully saturated rings. The van der Waals surface area contributed by atoms with Crippen LogP contribution in [0.4, 0.5) is 5.69 Å². The number of fused-ring (bicyclic) bond motifs is 1. The van der Waals surface area contributed by atoms with Crippen LogP contribution < -0.4 is 24.8 Å². The molecule has 1 aromatic heterocycles. The van der Waals surface area contributed by atoms with Gasteiger partial charge in [-0.1, -0.05) is 6.07 Å². The van der Waals surface area contributed by atoms with Crippen LogP contribution in [0.15, 0.2) is 52.9 Å². The van der Waals surface area contributed by atoms with E-state index >= 15 is 0 Å². The smallest absolute Gasteiger partial charge is 0.257 e. The van der Waals surface area contributed by atoms with Crippen LogP contribution >= 0.6 is 12.2 Å². The molecule has 1 heterocycles. The van der Waals surface area contributed by atoms with Crippen LogP contribution in [0.2, 0.25) is 0 Å². The highest BCUT2D eigenvalue weighted by molar-refractivity contribution is 7.80. The normalized spacial score (nSPS) is 10.7. The van der Waals surface area contributed by atoms with E-state index in [9.17, 15) is 4.79 Å². The molecule has 35 heavy (non-hydrogen) atoms. The van der Waals surface area contributed by atoms with Crippen molar-refractivity contribution in [1.29, 1.82) is 0 Å². The zero-order valence-corrected chi connectivity index (χ0v) is 20.8. The van der Waals surface area contributed by atoms with Gasteiger partial charge in [0.05, 0.1) is 21.3 Å². The first kappa shape index (κ1) is 24.0. The number of oxazole rings is 1. The lowest BCUT2D eigenvalue weighted by Crippen LogP contribution is -2.34. The summed E-state index contributed by atoms with van der Waals surface area (Å²) >= 11 is 5.32. The molecule has 0 unspecified atom stereocenters. The summed E-state index contributed by atoms with van der Waals surface area (Å²) in [6.07, 6.45) is 0. The number of anilines is 1. The fourth-order valence-electron chi connectivity index (χ4n) is 3.75. The highest BCUT2D eigenvalue weighted by Gasteiger charge is 2.18. The number of rotatable bonds is 6. The average molecular weight is 492 g/mol. The predicted molar refractivity (Wildman–Crippen MR) is 139 cm³/mol. The molecule has 2 N–H and O–H groups in total. The SMILES string of the molecule is COc1cc(C(=O)NC(=S)Nc2ccc(-c3nc4cc(C)cc(C)c4o3)cc2)cc(OC)c1OC. The Morgan fingerprint density at radius 2 is 1.60 bits per heavy atom. The molecule has 3 aromatic carbocycles. The van der Waals surface area contributed by atoms with Gasteiger partial charge in [0.15, 0.2) is 22.2 Å². The summed E-state index contributed by atoms with van der Waals surface area (Å²) < 4.78 is 21.9. The van der Waals surface area contributed by atoms with Crippen molar-refractivity contribution in [1.82, 2.24) is 10.3 Å². The lowest BCUT2D eigenvalue weighted by molar-refractivity contribution is 0.0977. The molecule has 4 aromatic rings. The molecule has 0 radical (unpaired) electrons. The number of hydrogen-bond acceptors (Lipinski definition) is 7. The summed E-state index contributed by atoms with van der Waals surface area (Å²) in [7, 11) is 4.46. The second-order valence-corrected chi connectivity index (χ2v) is 8.26. The number of benzene rings is 3. The van der Waals surface area contributed by atoms with Gasteiger partial charge in [0.1, 0.15) is 5.52 Å². The van der Waals surface area contributed by atoms with Gasteiger partial charge in [-0.25, -0.2) is 4.98 Å². The Bertz CT molecular complexity index is 1390. The van der Waals surface area contributed by atoms with Gasteiger partial charge in [0.25, 0.3) is 5.91 Å². The molecule has 0 saturated heterocycles. The van der Waals surface area contributed by atoms with Gasteiger partial charge in [-0.05, 0) is 79.7 Å². The lowest BCUT2D eigenvalue weighted by Gasteiger charge is -2.14. The summed E-state index contributed by atoms with van der Waals surface area (Å²) in [6.45, 7) is 4.04. The topological polar surface area (TPSA) is 94.9 Å².